The Balaban J connectivity index is 1.57. The van der Waals surface area contributed by atoms with Crippen molar-refractivity contribution in [2.75, 3.05) is 26.9 Å². The first kappa shape index (κ1) is 21.5. The number of halogens is 1. The summed E-state index contributed by atoms with van der Waals surface area (Å²) < 4.78 is 10.8. The lowest BCUT2D eigenvalue weighted by Gasteiger charge is -2.38. The molecule has 6 heteroatoms. The number of benzene rings is 2. The summed E-state index contributed by atoms with van der Waals surface area (Å²) in [6.45, 7) is 3.95. The number of ether oxygens (including phenoxy) is 2. The lowest BCUT2D eigenvalue weighted by molar-refractivity contribution is 0.0506. The maximum Gasteiger partial charge on any atom is 0.315 e. The third kappa shape index (κ3) is 5.87. The van der Waals surface area contributed by atoms with Gasteiger partial charge in [-0.1, -0.05) is 35.9 Å². The average Bonchev–Trinajstić information content (AvgIpc) is 2.73. The second-order valence-corrected chi connectivity index (χ2v) is 8.12. The molecular weight excluding hydrogens is 388 g/mol. The number of carbonyl (C=O) groups excluding carboxylic acids is 1. The quantitative estimate of drug-likeness (QED) is 0.706. The number of methoxy groups -OCH3 is 1. The fourth-order valence-electron chi connectivity index (χ4n) is 3.86. The highest BCUT2D eigenvalue weighted by molar-refractivity contribution is 6.30. The Bertz CT molecular complexity index is 804. The Morgan fingerprint density at radius 3 is 2.62 bits per heavy atom. The Labute approximate surface area is 177 Å². The Kier molecular flexibility index (Phi) is 7.40. The van der Waals surface area contributed by atoms with Gasteiger partial charge in [0.15, 0.2) is 0 Å². The number of urea groups is 1. The summed E-state index contributed by atoms with van der Waals surface area (Å²) in [6, 6.07) is 15.7. The molecule has 29 heavy (non-hydrogen) atoms. The Morgan fingerprint density at radius 1 is 1.21 bits per heavy atom. The van der Waals surface area contributed by atoms with E-state index in [0.29, 0.717) is 24.8 Å². The smallest absolute Gasteiger partial charge is 0.315 e. The van der Waals surface area contributed by atoms with Crippen LogP contribution in [0.1, 0.15) is 30.9 Å². The molecule has 1 aliphatic rings. The molecule has 0 aromatic heterocycles. The molecule has 1 heterocycles. The molecule has 0 aliphatic carbocycles. The fraction of sp³-hybridized carbons (Fsp3) is 0.435. The summed E-state index contributed by atoms with van der Waals surface area (Å²) in [5, 5.41) is 6.84. The first-order valence-corrected chi connectivity index (χ1v) is 10.4. The number of amides is 2. The van der Waals surface area contributed by atoms with Crippen LogP contribution in [0, 0.1) is 0 Å². The van der Waals surface area contributed by atoms with Gasteiger partial charge < -0.3 is 20.1 Å². The highest BCUT2D eigenvalue weighted by atomic mass is 35.5. The van der Waals surface area contributed by atoms with Crippen LogP contribution < -0.4 is 15.4 Å². The van der Waals surface area contributed by atoms with Crippen LogP contribution in [0.25, 0.3) is 0 Å². The fourth-order valence-corrected chi connectivity index (χ4v) is 3.99. The number of rotatable bonds is 7. The second kappa shape index (κ2) is 9.99. The van der Waals surface area contributed by atoms with Crippen molar-refractivity contribution < 1.29 is 14.3 Å². The van der Waals surface area contributed by atoms with E-state index in [9.17, 15) is 4.79 Å². The van der Waals surface area contributed by atoms with Crippen LogP contribution in [0.4, 0.5) is 4.79 Å². The molecule has 1 saturated heterocycles. The topological polar surface area (TPSA) is 59.6 Å². The highest BCUT2D eigenvalue weighted by Gasteiger charge is 2.34. The molecule has 5 nitrogen and oxygen atoms in total. The summed E-state index contributed by atoms with van der Waals surface area (Å²) in [4.78, 5) is 12.5. The van der Waals surface area contributed by atoms with Crippen molar-refractivity contribution >= 4 is 17.6 Å². The van der Waals surface area contributed by atoms with Gasteiger partial charge in [-0.15, -0.1) is 0 Å². The van der Waals surface area contributed by atoms with Crippen LogP contribution in [0.2, 0.25) is 5.02 Å². The summed E-state index contributed by atoms with van der Waals surface area (Å²) in [5.41, 5.74) is 2.19. The van der Waals surface area contributed by atoms with Gasteiger partial charge >= 0.3 is 6.03 Å². The van der Waals surface area contributed by atoms with E-state index in [0.717, 1.165) is 30.6 Å². The van der Waals surface area contributed by atoms with Gasteiger partial charge in [-0.3, -0.25) is 0 Å². The van der Waals surface area contributed by atoms with E-state index >= 15 is 0 Å². The third-order valence-electron chi connectivity index (χ3n) is 5.55. The van der Waals surface area contributed by atoms with Gasteiger partial charge in [-0.25, -0.2) is 4.79 Å². The van der Waals surface area contributed by atoms with Gasteiger partial charge in [0.25, 0.3) is 0 Å². The van der Waals surface area contributed by atoms with Crippen molar-refractivity contribution in [3.05, 3.63) is 64.7 Å². The number of carbonyl (C=O) groups is 1. The minimum absolute atomic E-state index is 0.00303. The molecule has 156 valence electrons. The SMILES string of the molecule is COc1cccc(CC(C)NC(=O)NCC2(c3ccc(Cl)cc3)CCOCC2)c1. The molecule has 0 radical (unpaired) electrons. The van der Waals surface area contributed by atoms with Crippen molar-refractivity contribution in [1.29, 1.82) is 0 Å². The molecule has 2 amide bonds. The predicted molar refractivity (Wildman–Crippen MR) is 116 cm³/mol. The molecule has 2 aromatic rings. The first-order valence-electron chi connectivity index (χ1n) is 10.0. The lowest BCUT2D eigenvalue weighted by atomic mass is 9.74. The largest absolute Gasteiger partial charge is 0.497 e. The van der Waals surface area contributed by atoms with E-state index in [4.69, 9.17) is 21.1 Å². The van der Waals surface area contributed by atoms with E-state index in [1.807, 2.05) is 43.3 Å². The van der Waals surface area contributed by atoms with E-state index in [2.05, 4.69) is 22.8 Å². The minimum atomic E-state index is -0.153. The lowest BCUT2D eigenvalue weighted by Crippen LogP contribution is -2.49. The van der Waals surface area contributed by atoms with Crippen molar-refractivity contribution in [3.8, 4) is 5.75 Å². The second-order valence-electron chi connectivity index (χ2n) is 7.68. The maximum atomic E-state index is 12.5. The molecule has 0 spiro atoms. The molecule has 2 N–H and O–H groups in total. The van der Waals surface area contributed by atoms with Gasteiger partial charge in [0.2, 0.25) is 0 Å². The standard InChI is InChI=1S/C23H29ClN2O3/c1-17(14-18-4-3-5-21(15-18)28-2)26-22(27)25-16-23(10-12-29-13-11-23)19-6-8-20(24)9-7-19/h3-9,15,17H,10-14,16H2,1-2H3,(H2,25,26,27). The summed E-state index contributed by atoms with van der Waals surface area (Å²) >= 11 is 6.05. The molecule has 0 bridgehead atoms. The molecular formula is C23H29ClN2O3. The molecule has 1 fully saturated rings. The molecule has 1 unspecified atom stereocenters. The molecule has 1 atom stereocenters. The zero-order chi connectivity index (χ0) is 20.7. The molecule has 1 aliphatic heterocycles. The van der Waals surface area contributed by atoms with Crippen LogP contribution in [-0.2, 0) is 16.6 Å². The maximum absolute atomic E-state index is 12.5. The van der Waals surface area contributed by atoms with E-state index in [1.165, 1.54) is 5.56 Å². The van der Waals surface area contributed by atoms with E-state index < -0.39 is 0 Å². The van der Waals surface area contributed by atoms with Crippen LogP contribution >= 0.6 is 11.6 Å². The average molecular weight is 417 g/mol. The summed E-state index contributed by atoms with van der Waals surface area (Å²) in [5.74, 6) is 0.823. The predicted octanol–water partition coefficient (Wildman–Crippen LogP) is 4.33. The normalized spacial score (nSPS) is 16.7. The minimum Gasteiger partial charge on any atom is -0.497 e. The molecule has 3 rings (SSSR count). The van der Waals surface area contributed by atoms with Crippen molar-refractivity contribution in [2.45, 2.75) is 37.6 Å². The van der Waals surface area contributed by atoms with Gasteiger partial charge in [-0.05, 0) is 61.6 Å². The van der Waals surface area contributed by atoms with Gasteiger partial charge in [0.1, 0.15) is 5.75 Å². The van der Waals surface area contributed by atoms with Crippen LogP contribution in [0.5, 0.6) is 5.75 Å². The van der Waals surface area contributed by atoms with Gasteiger partial charge in [-0.2, -0.15) is 0 Å². The zero-order valence-electron chi connectivity index (χ0n) is 17.0. The first-order chi connectivity index (χ1) is 14.0. The molecule has 0 saturated carbocycles. The Morgan fingerprint density at radius 2 is 1.93 bits per heavy atom. The van der Waals surface area contributed by atoms with Crippen LogP contribution in [-0.4, -0.2) is 38.9 Å². The number of hydrogen-bond donors (Lipinski definition) is 2. The zero-order valence-corrected chi connectivity index (χ0v) is 17.8. The summed E-state index contributed by atoms with van der Waals surface area (Å²) in [7, 11) is 1.65. The Hall–Kier alpha value is -2.24. The monoisotopic (exact) mass is 416 g/mol. The van der Waals surface area contributed by atoms with Crippen LogP contribution in [0.15, 0.2) is 48.5 Å². The van der Waals surface area contributed by atoms with Crippen molar-refractivity contribution in [3.63, 3.8) is 0 Å². The van der Waals surface area contributed by atoms with Crippen molar-refractivity contribution in [1.82, 2.24) is 10.6 Å². The number of hydrogen-bond acceptors (Lipinski definition) is 3. The van der Waals surface area contributed by atoms with Gasteiger partial charge in [0, 0.05) is 36.2 Å². The van der Waals surface area contributed by atoms with E-state index in [-0.39, 0.29) is 17.5 Å². The van der Waals surface area contributed by atoms with E-state index in [1.54, 1.807) is 7.11 Å². The highest BCUT2D eigenvalue weighted by Crippen LogP contribution is 2.34. The number of nitrogens with one attached hydrogen (secondary N) is 2. The van der Waals surface area contributed by atoms with Crippen molar-refractivity contribution in [2.24, 2.45) is 0 Å². The third-order valence-corrected chi connectivity index (χ3v) is 5.80. The summed E-state index contributed by atoms with van der Waals surface area (Å²) in [6.07, 6.45) is 2.48. The molecule has 2 aromatic carbocycles. The van der Waals surface area contributed by atoms with Gasteiger partial charge in [0.05, 0.1) is 7.11 Å². The van der Waals surface area contributed by atoms with Crippen LogP contribution in [0.3, 0.4) is 0 Å².